The van der Waals surface area contributed by atoms with Gasteiger partial charge in [0.05, 0.1) is 23.9 Å². The minimum atomic E-state index is -0.217. The van der Waals surface area contributed by atoms with Crippen LogP contribution in [0, 0.1) is 11.3 Å². The average molecular weight is 321 g/mol. The number of piperidine rings is 1. The standard InChI is InChI=1S/C18H19N5O/c19-12-14-5-4-6-15(11-14)17(24)21-13-16-7-8-20-18(22-16)23-9-2-1-3-10-23/h4-8,11H,1-3,9-10,13H2,(H,21,24). The molecule has 0 saturated carbocycles. The van der Waals surface area contributed by atoms with Crippen molar-refractivity contribution in [1.29, 1.82) is 5.26 Å². The average Bonchev–Trinajstić information content (AvgIpc) is 2.67. The number of amides is 1. The number of carbonyl (C=O) groups excluding carboxylic acids is 1. The summed E-state index contributed by atoms with van der Waals surface area (Å²) in [7, 11) is 0. The smallest absolute Gasteiger partial charge is 0.251 e. The van der Waals surface area contributed by atoms with E-state index in [4.69, 9.17) is 5.26 Å². The van der Waals surface area contributed by atoms with E-state index in [0.717, 1.165) is 24.7 Å². The van der Waals surface area contributed by atoms with Crippen LogP contribution in [-0.2, 0) is 6.54 Å². The monoisotopic (exact) mass is 321 g/mol. The lowest BCUT2D eigenvalue weighted by molar-refractivity contribution is 0.0950. The van der Waals surface area contributed by atoms with Gasteiger partial charge in [0.1, 0.15) is 0 Å². The molecule has 0 atom stereocenters. The largest absolute Gasteiger partial charge is 0.346 e. The molecule has 122 valence electrons. The molecule has 1 N–H and O–H groups in total. The summed E-state index contributed by atoms with van der Waals surface area (Å²) in [6.45, 7) is 2.30. The molecule has 1 aromatic carbocycles. The number of benzene rings is 1. The van der Waals surface area contributed by atoms with E-state index in [-0.39, 0.29) is 5.91 Å². The SMILES string of the molecule is N#Cc1cccc(C(=O)NCc2ccnc(N3CCCCC3)n2)c1. The van der Waals surface area contributed by atoms with Crippen molar-refractivity contribution in [3.05, 3.63) is 53.3 Å². The van der Waals surface area contributed by atoms with Crippen molar-refractivity contribution < 1.29 is 4.79 Å². The molecule has 0 spiro atoms. The molecule has 0 bridgehead atoms. The third-order valence-electron chi connectivity index (χ3n) is 4.02. The van der Waals surface area contributed by atoms with E-state index in [0.29, 0.717) is 17.7 Å². The molecule has 0 radical (unpaired) electrons. The van der Waals surface area contributed by atoms with Crippen LogP contribution in [0.25, 0.3) is 0 Å². The van der Waals surface area contributed by atoms with Crippen molar-refractivity contribution in [3.63, 3.8) is 0 Å². The van der Waals surface area contributed by atoms with Crippen LogP contribution in [0.15, 0.2) is 36.5 Å². The zero-order chi connectivity index (χ0) is 16.8. The van der Waals surface area contributed by atoms with Crippen LogP contribution < -0.4 is 10.2 Å². The number of nitrogens with zero attached hydrogens (tertiary/aromatic N) is 4. The van der Waals surface area contributed by atoms with Gasteiger partial charge < -0.3 is 10.2 Å². The molecule has 0 aliphatic carbocycles. The summed E-state index contributed by atoms with van der Waals surface area (Å²) in [5.74, 6) is 0.512. The fourth-order valence-corrected chi connectivity index (χ4v) is 2.73. The second-order valence-electron chi connectivity index (χ2n) is 5.77. The molecular weight excluding hydrogens is 302 g/mol. The minimum Gasteiger partial charge on any atom is -0.346 e. The summed E-state index contributed by atoms with van der Waals surface area (Å²) >= 11 is 0. The topological polar surface area (TPSA) is 81.9 Å². The maximum absolute atomic E-state index is 12.2. The molecule has 1 aromatic heterocycles. The third kappa shape index (κ3) is 3.87. The van der Waals surface area contributed by atoms with Crippen LogP contribution in [-0.4, -0.2) is 29.0 Å². The van der Waals surface area contributed by atoms with Gasteiger partial charge in [-0.05, 0) is 43.5 Å². The summed E-state index contributed by atoms with van der Waals surface area (Å²) in [6.07, 6.45) is 5.32. The number of carbonyl (C=O) groups is 1. The van der Waals surface area contributed by atoms with Gasteiger partial charge in [0, 0.05) is 24.8 Å². The Balaban J connectivity index is 1.63. The molecule has 24 heavy (non-hydrogen) atoms. The molecule has 2 heterocycles. The maximum atomic E-state index is 12.2. The quantitative estimate of drug-likeness (QED) is 0.934. The lowest BCUT2D eigenvalue weighted by atomic mass is 10.1. The number of nitriles is 1. The van der Waals surface area contributed by atoms with Crippen LogP contribution in [0.5, 0.6) is 0 Å². The van der Waals surface area contributed by atoms with E-state index in [1.54, 1.807) is 36.5 Å². The lowest BCUT2D eigenvalue weighted by Crippen LogP contribution is -2.31. The highest BCUT2D eigenvalue weighted by atomic mass is 16.1. The highest BCUT2D eigenvalue weighted by molar-refractivity contribution is 5.94. The fourth-order valence-electron chi connectivity index (χ4n) is 2.73. The number of anilines is 1. The molecule has 1 fully saturated rings. The highest BCUT2D eigenvalue weighted by Crippen LogP contribution is 2.15. The van der Waals surface area contributed by atoms with Gasteiger partial charge in [-0.25, -0.2) is 9.97 Å². The van der Waals surface area contributed by atoms with Gasteiger partial charge in [-0.15, -0.1) is 0 Å². The first-order valence-corrected chi connectivity index (χ1v) is 8.11. The molecule has 6 nitrogen and oxygen atoms in total. The first-order valence-electron chi connectivity index (χ1n) is 8.11. The lowest BCUT2D eigenvalue weighted by Gasteiger charge is -2.26. The summed E-state index contributed by atoms with van der Waals surface area (Å²) in [5, 5.41) is 11.7. The number of nitrogens with one attached hydrogen (secondary N) is 1. The zero-order valence-electron chi connectivity index (χ0n) is 13.4. The Labute approximate surface area is 141 Å². The van der Waals surface area contributed by atoms with Gasteiger partial charge in [-0.1, -0.05) is 6.07 Å². The Hall–Kier alpha value is -2.94. The van der Waals surface area contributed by atoms with Crippen LogP contribution in [0.4, 0.5) is 5.95 Å². The van der Waals surface area contributed by atoms with E-state index in [2.05, 4.69) is 20.2 Å². The maximum Gasteiger partial charge on any atom is 0.251 e. The Bertz CT molecular complexity index is 762. The molecular formula is C18H19N5O. The predicted molar refractivity (Wildman–Crippen MR) is 90.4 cm³/mol. The van der Waals surface area contributed by atoms with Crippen LogP contribution in [0.1, 0.15) is 40.9 Å². The van der Waals surface area contributed by atoms with E-state index >= 15 is 0 Å². The van der Waals surface area contributed by atoms with Crippen LogP contribution in [0.2, 0.25) is 0 Å². The van der Waals surface area contributed by atoms with E-state index in [9.17, 15) is 4.79 Å². The molecule has 1 aliphatic rings. The summed E-state index contributed by atoms with van der Waals surface area (Å²) < 4.78 is 0. The van der Waals surface area contributed by atoms with Gasteiger partial charge in [-0.3, -0.25) is 4.79 Å². The number of hydrogen-bond donors (Lipinski definition) is 1. The number of aromatic nitrogens is 2. The Kier molecular flexibility index (Phi) is 5.02. The van der Waals surface area contributed by atoms with E-state index in [1.165, 1.54) is 19.3 Å². The number of rotatable bonds is 4. The Morgan fingerprint density at radius 2 is 2.08 bits per heavy atom. The van der Waals surface area contributed by atoms with E-state index in [1.807, 2.05) is 6.07 Å². The Morgan fingerprint density at radius 1 is 1.25 bits per heavy atom. The first kappa shape index (κ1) is 15.9. The molecule has 1 amide bonds. The van der Waals surface area contributed by atoms with Crippen molar-refractivity contribution in [3.8, 4) is 6.07 Å². The van der Waals surface area contributed by atoms with Crippen molar-refractivity contribution in [2.75, 3.05) is 18.0 Å². The van der Waals surface area contributed by atoms with Crippen LogP contribution >= 0.6 is 0 Å². The molecule has 2 aromatic rings. The van der Waals surface area contributed by atoms with E-state index < -0.39 is 0 Å². The van der Waals surface area contributed by atoms with Gasteiger partial charge in [0.2, 0.25) is 5.95 Å². The van der Waals surface area contributed by atoms with Crippen molar-refractivity contribution in [2.45, 2.75) is 25.8 Å². The van der Waals surface area contributed by atoms with Crippen molar-refractivity contribution >= 4 is 11.9 Å². The minimum absolute atomic E-state index is 0.217. The number of hydrogen-bond acceptors (Lipinski definition) is 5. The molecule has 1 aliphatic heterocycles. The summed E-state index contributed by atoms with van der Waals surface area (Å²) in [6, 6.07) is 10.5. The van der Waals surface area contributed by atoms with Crippen LogP contribution in [0.3, 0.4) is 0 Å². The first-order chi connectivity index (χ1) is 11.8. The molecule has 0 unspecified atom stereocenters. The van der Waals surface area contributed by atoms with Gasteiger partial charge >= 0.3 is 0 Å². The van der Waals surface area contributed by atoms with Gasteiger partial charge in [-0.2, -0.15) is 5.26 Å². The Morgan fingerprint density at radius 3 is 2.88 bits per heavy atom. The predicted octanol–water partition coefficient (Wildman–Crippen LogP) is 2.27. The van der Waals surface area contributed by atoms with Gasteiger partial charge in [0.15, 0.2) is 0 Å². The van der Waals surface area contributed by atoms with Gasteiger partial charge in [0.25, 0.3) is 5.91 Å². The summed E-state index contributed by atoms with van der Waals surface area (Å²) in [5.41, 5.74) is 1.71. The third-order valence-corrected chi connectivity index (χ3v) is 4.02. The van der Waals surface area contributed by atoms with Crippen molar-refractivity contribution in [1.82, 2.24) is 15.3 Å². The molecule has 1 saturated heterocycles. The van der Waals surface area contributed by atoms with Crippen molar-refractivity contribution in [2.24, 2.45) is 0 Å². The zero-order valence-corrected chi connectivity index (χ0v) is 13.4. The highest BCUT2D eigenvalue weighted by Gasteiger charge is 2.14. The molecule has 6 heteroatoms. The molecule has 3 rings (SSSR count). The second kappa shape index (κ2) is 7.55. The summed E-state index contributed by atoms with van der Waals surface area (Å²) in [4.78, 5) is 23.3. The fraction of sp³-hybridized carbons (Fsp3) is 0.333. The second-order valence-corrected chi connectivity index (χ2v) is 5.77. The normalized spacial score (nSPS) is 14.0.